The number of carbonyl (C=O) groups is 1. The highest BCUT2D eigenvalue weighted by Crippen LogP contribution is 2.33. The average Bonchev–Trinajstić information content (AvgIpc) is 2.31. The van der Waals surface area contributed by atoms with Crippen LogP contribution < -0.4 is 0 Å². The molecule has 1 aliphatic rings. The number of hydrogen-bond acceptors (Lipinski definition) is 3. The van der Waals surface area contributed by atoms with Crippen molar-refractivity contribution in [2.24, 2.45) is 17.8 Å². The molecule has 0 amide bonds. The van der Waals surface area contributed by atoms with Crippen molar-refractivity contribution in [3.05, 3.63) is 0 Å². The highest BCUT2D eigenvalue weighted by molar-refractivity contribution is 5.73. The fraction of sp³-hybridized carbons (Fsp3) is 0.929. The minimum absolute atomic E-state index is 0.235. The zero-order valence-electron chi connectivity index (χ0n) is 11.3. The molecule has 1 aliphatic carbocycles. The van der Waals surface area contributed by atoms with Crippen LogP contribution in [0.2, 0.25) is 0 Å². The fourth-order valence-electron chi connectivity index (χ4n) is 2.75. The van der Waals surface area contributed by atoms with E-state index in [4.69, 9.17) is 4.74 Å². The zero-order chi connectivity index (χ0) is 12.8. The van der Waals surface area contributed by atoms with Gasteiger partial charge in [-0.05, 0) is 38.0 Å². The maximum atomic E-state index is 11.7. The Balaban J connectivity index is 2.53. The summed E-state index contributed by atoms with van der Waals surface area (Å²) >= 11 is 0. The van der Waals surface area contributed by atoms with Gasteiger partial charge in [-0.1, -0.05) is 26.7 Å². The number of carbonyl (C=O) groups excluding carboxylic acids is 1. The second kappa shape index (κ2) is 7.00. The van der Waals surface area contributed by atoms with Gasteiger partial charge in [0.05, 0.1) is 18.6 Å². The van der Waals surface area contributed by atoms with Crippen LogP contribution in [-0.2, 0) is 9.53 Å². The van der Waals surface area contributed by atoms with E-state index >= 15 is 0 Å². The van der Waals surface area contributed by atoms with E-state index in [9.17, 15) is 9.90 Å². The third kappa shape index (κ3) is 3.98. The maximum Gasteiger partial charge on any atom is 0.311 e. The van der Waals surface area contributed by atoms with Crippen molar-refractivity contribution in [1.29, 1.82) is 0 Å². The molecule has 0 aromatic carbocycles. The predicted molar refractivity (Wildman–Crippen MR) is 67.5 cm³/mol. The summed E-state index contributed by atoms with van der Waals surface area (Å²) in [4.78, 5) is 11.7. The number of aliphatic hydroxyl groups excluding tert-OH is 1. The highest BCUT2D eigenvalue weighted by atomic mass is 16.5. The van der Waals surface area contributed by atoms with Gasteiger partial charge in [0, 0.05) is 0 Å². The van der Waals surface area contributed by atoms with E-state index in [1.54, 1.807) is 6.92 Å². The Morgan fingerprint density at radius 1 is 1.29 bits per heavy atom. The third-order valence-electron chi connectivity index (χ3n) is 3.98. The molecule has 0 heterocycles. The predicted octanol–water partition coefficient (Wildman–Crippen LogP) is 2.76. The molecule has 2 atom stereocenters. The molecule has 17 heavy (non-hydrogen) atoms. The standard InChI is InChI=1S/C14H26O3/c1-4-12(14(16)17-5-2)13(15)11-8-6-10(3)7-9-11/h10-13,15H,4-9H2,1-3H3. The molecular formula is C14H26O3. The van der Waals surface area contributed by atoms with Gasteiger partial charge in [-0.2, -0.15) is 0 Å². The first-order valence-corrected chi connectivity index (χ1v) is 6.94. The lowest BCUT2D eigenvalue weighted by Crippen LogP contribution is -2.36. The minimum Gasteiger partial charge on any atom is -0.466 e. The number of rotatable bonds is 5. The number of esters is 1. The van der Waals surface area contributed by atoms with Crippen molar-refractivity contribution in [1.82, 2.24) is 0 Å². The lowest BCUT2D eigenvalue weighted by atomic mass is 9.76. The molecule has 0 spiro atoms. The quantitative estimate of drug-likeness (QED) is 0.754. The van der Waals surface area contributed by atoms with Crippen molar-refractivity contribution in [3.8, 4) is 0 Å². The Labute approximate surface area is 105 Å². The van der Waals surface area contributed by atoms with Crippen LogP contribution in [0.4, 0.5) is 0 Å². The van der Waals surface area contributed by atoms with Crippen LogP contribution in [0.3, 0.4) is 0 Å². The van der Waals surface area contributed by atoms with E-state index < -0.39 is 6.10 Å². The summed E-state index contributed by atoms with van der Waals surface area (Å²) in [5, 5.41) is 10.3. The molecule has 100 valence electrons. The lowest BCUT2D eigenvalue weighted by molar-refractivity contribution is -0.154. The van der Waals surface area contributed by atoms with Crippen molar-refractivity contribution in [2.75, 3.05) is 6.61 Å². The lowest BCUT2D eigenvalue weighted by Gasteiger charge is -2.32. The van der Waals surface area contributed by atoms with Crippen molar-refractivity contribution < 1.29 is 14.6 Å². The third-order valence-corrected chi connectivity index (χ3v) is 3.98. The number of hydrogen-bond donors (Lipinski definition) is 1. The fourth-order valence-corrected chi connectivity index (χ4v) is 2.75. The van der Waals surface area contributed by atoms with Crippen LogP contribution in [0.1, 0.15) is 52.9 Å². The molecule has 3 heteroatoms. The van der Waals surface area contributed by atoms with Gasteiger partial charge >= 0.3 is 5.97 Å². The average molecular weight is 242 g/mol. The van der Waals surface area contributed by atoms with Crippen LogP contribution >= 0.6 is 0 Å². The molecule has 3 nitrogen and oxygen atoms in total. The molecule has 0 aromatic heterocycles. The molecular weight excluding hydrogens is 216 g/mol. The molecule has 0 saturated heterocycles. The molecule has 1 rings (SSSR count). The summed E-state index contributed by atoms with van der Waals surface area (Å²) < 4.78 is 5.03. The minimum atomic E-state index is -0.522. The largest absolute Gasteiger partial charge is 0.466 e. The van der Waals surface area contributed by atoms with Crippen LogP contribution in [0.25, 0.3) is 0 Å². The van der Waals surface area contributed by atoms with Gasteiger partial charge in [0.25, 0.3) is 0 Å². The Morgan fingerprint density at radius 2 is 1.88 bits per heavy atom. The second-order valence-electron chi connectivity index (χ2n) is 5.28. The zero-order valence-corrected chi connectivity index (χ0v) is 11.3. The molecule has 0 bridgehead atoms. The summed E-state index contributed by atoms with van der Waals surface area (Å²) in [6, 6.07) is 0. The Morgan fingerprint density at radius 3 is 2.35 bits per heavy atom. The first kappa shape index (κ1) is 14.5. The summed E-state index contributed by atoms with van der Waals surface area (Å²) in [7, 11) is 0. The summed E-state index contributed by atoms with van der Waals surface area (Å²) in [6.45, 7) is 6.39. The first-order valence-electron chi connectivity index (χ1n) is 6.94. The summed E-state index contributed by atoms with van der Waals surface area (Å²) in [5.74, 6) is 0.469. The molecule has 1 N–H and O–H groups in total. The van der Waals surface area contributed by atoms with Gasteiger partial charge < -0.3 is 9.84 Å². The van der Waals surface area contributed by atoms with Gasteiger partial charge in [-0.15, -0.1) is 0 Å². The first-order chi connectivity index (χ1) is 8.10. The number of aliphatic hydroxyl groups is 1. The van der Waals surface area contributed by atoms with Crippen LogP contribution in [0.5, 0.6) is 0 Å². The summed E-state index contributed by atoms with van der Waals surface area (Å²) in [5.41, 5.74) is 0. The van der Waals surface area contributed by atoms with Crippen molar-refractivity contribution in [2.45, 2.75) is 59.0 Å². The van der Waals surface area contributed by atoms with Crippen LogP contribution in [0.15, 0.2) is 0 Å². The highest BCUT2D eigenvalue weighted by Gasteiger charge is 2.34. The van der Waals surface area contributed by atoms with Crippen LogP contribution in [0, 0.1) is 17.8 Å². The summed E-state index contributed by atoms with van der Waals surface area (Å²) in [6.07, 6.45) is 4.55. The molecule has 0 radical (unpaired) electrons. The second-order valence-corrected chi connectivity index (χ2v) is 5.28. The molecule has 0 aliphatic heterocycles. The van der Waals surface area contributed by atoms with E-state index in [1.807, 2.05) is 6.92 Å². The maximum absolute atomic E-state index is 11.7. The molecule has 1 saturated carbocycles. The van der Waals surface area contributed by atoms with E-state index in [-0.39, 0.29) is 17.8 Å². The topological polar surface area (TPSA) is 46.5 Å². The van der Waals surface area contributed by atoms with Crippen LogP contribution in [-0.4, -0.2) is 23.8 Å². The normalized spacial score (nSPS) is 28.5. The Bertz CT molecular complexity index is 232. The van der Waals surface area contributed by atoms with Gasteiger partial charge in [0.15, 0.2) is 0 Å². The van der Waals surface area contributed by atoms with E-state index in [1.165, 1.54) is 12.8 Å². The van der Waals surface area contributed by atoms with Crippen molar-refractivity contribution >= 4 is 5.97 Å². The Hall–Kier alpha value is -0.570. The number of ether oxygens (including phenoxy) is 1. The Kier molecular flexibility index (Phi) is 5.96. The van der Waals surface area contributed by atoms with E-state index in [0.29, 0.717) is 13.0 Å². The monoisotopic (exact) mass is 242 g/mol. The molecule has 1 fully saturated rings. The molecule has 0 aromatic rings. The van der Waals surface area contributed by atoms with E-state index in [0.717, 1.165) is 18.8 Å². The SMILES string of the molecule is CCOC(=O)C(CC)C(O)C1CCC(C)CC1. The smallest absolute Gasteiger partial charge is 0.311 e. The van der Waals surface area contributed by atoms with Gasteiger partial charge in [-0.25, -0.2) is 0 Å². The van der Waals surface area contributed by atoms with Gasteiger partial charge in [0.2, 0.25) is 0 Å². The van der Waals surface area contributed by atoms with Crippen molar-refractivity contribution in [3.63, 3.8) is 0 Å². The van der Waals surface area contributed by atoms with E-state index in [2.05, 4.69) is 6.92 Å². The van der Waals surface area contributed by atoms with Gasteiger partial charge in [0.1, 0.15) is 0 Å². The molecule has 2 unspecified atom stereocenters. The van der Waals surface area contributed by atoms with Gasteiger partial charge in [-0.3, -0.25) is 4.79 Å².